The number of hydrogen-bond donors (Lipinski definition) is 3. The van der Waals surface area contributed by atoms with Gasteiger partial charge >= 0.3 is 0 Å². The predicted molar refractivity (Wildman–Crippen MR) is 176 cm³/mol. The molecule has 228 valence electrons. The summed E-state index contributed by atoms with van der Waals surface area (Å²) in [5, 5.41) is 2.98. The number of para-hydroxylation sites is 3. The van der Waals surface area contributed by atoms with E-state index in [1.807, 2.05) is 48.5 Å². The average Bonchev–Trinajstić information content (AvgIpc) is 3.10. The fourth-order valence-electron chi connectivity index (χ4n) is 4.62. The fourth-order valence-corrected chi connectivity index (χ4v) is 5.49. The van der Waals surface area contributed by atoms with E-state index in [1.54, 1.807) is 71.7 Å². The van der Waals surface area contributed by atoms with Gasteiger partial charge in [0.1, 0.15) is 30.2 Å². The van der Waals surface area contributed by atoms with E-state index < -0.39 is 15.0 Å². The summed E-state index contributed by atoms with van der Waals surface area (Å²) in [4.78, 5) is 24.9. The van der Waals surface area contributed by atoms with Crippen LogP contribution in [0, 0.1) is 0 Å². The van der Waals surface area contributed by atoms with Crippen LogP contribution in [0.3, 0.4) is 0 Å². The van der Waals surface area contributed by atoms with Gasteiger partial charge in [-0.25, -0.2) is 20.0 Å². The van der Waals surface area contributed by atoms with E-state index >= 15 is 0 Å². The molecule has 46 heavy (non-hydrogen) atoms. The summed E-state index contributed by atoms with van der Waals surface area (Å²) in [5.74, 6) is 0.255. The van der Waals surface area contributed by atoms with Gasteiger partial charge in [-0.1, -0.05) is 84.9 Å². The van der Waals surface area contributed by atoms with Crippen molar-refractivity contribution in [2.45, 2.75) is 0 Å². The lowest BCUT2D eigenvalue weighted by atomic mass is 10.0. The van der Waals surface area contributed by atoms with Crippen LogP contribution in [0.4, 0.5) is 29.0 Å². The monoisotopic (exact) mass is 630 g/mol. The van der Waals surface area contributed by atoms with Crippen molar-refractivity contribution in [1.82, 2.24) is 29.9 Å². The Labute approximate surface area is 264 Å². The maximum absolute atomic E-state index is 13.5. The molecule has 3 N–H and O–H groups in total. The molecular weight excluding hydrogens is 604 g/mol. The first kappa shape index (κ1) is 29.8. The maximum atomic E-state index is 13.5. The van der Waals surface area contributed by atoms with E-state index in [9.17, 15) is 13.0 Å². The number of benzene rings is 4. The number of aromatic nitrogens is 6. The molecule has 0 atom stereocenters. The average molecular weight is 631 g/mol. The molecule has 14 heteroatoms. The number of nitrogens with one attached hydrogen (secondary N) is 2. The van der Waals surface area contributed by atoms with E-state index in [0.29, 0.717) is 22.6 Å². The zero-order valence-corrected chi connectivity index (χ0v) is 24.8. The summed E-state index contributed by atoms with van der Waals surface area (Å²) in [7, 11) is -4.93. The highest BCUT2D eigenvalue weighted by Crippen LogP contribution is 2.40. The Hall–Kier alpha value is -6.25. The van der Waals surface area contributed by atoms with Crippen LogP contribution in [0.5, 0.6) is 0 Å². The summed E-state index contributed by atoms with van der Waals surface area (Å²) in [5.41, 5.74) is 8.78. The second kappa shape index (κ2) is 13.6. The van der Waals surface area contributed by atoms with Gasteiger partial charge in [-0.05, 0) is 35.9 Å². The first-order valence-corrected chi connectivity index (χ1v) is 15.3. The highest BCUT2D eigenvalue weighted by atomic mass is 32.2. The van der Waals surface area contributed by atoms with Crippen molar-refractivity contribution in [2.75, 3.05) is 20.9 Å². The lowest BCUT2D eigenvalue weighted by Crippen LogP contribution is -2.34. The normalized spacial score (nSPS) is 11.7. The quantitative estimate of drug-likeness (QED) is 0.0939. The summed E-state index contributed by atoms with van der Waals surface area (Å²) in [6, 6.07) is 33.7. The van der Waals surface area contributed by atoms with Crippen molar-refractivity contribution in [1.29, 1.82) is 0 Å². The molecule has 0 aliphatic heterocycles. The first-order chi connectivity index (χ1) is 22.5. The van der Waals surface area contributed by atoms with Crippen molar-refractivity contribution in [3.8, 4) is 0 Å². The van der Waals surface area contributed by atoms with Crippen LogP contribution in [-0.4, -0.2) is 42.9 Å². The summed E-state index contributed by atoms with van der Waals surface area (Å²) in [6.07, 6.45) is 5.27. The van der Waals surface area contributed by atoms with Crippen molar-refractivity contribution in [2.24, 2.45) is 0 Å². The zero-order chi connectivity index (χ0) is 31.8. The minimum Gasteiger partial charge on any atom is -0.291 e. The number of hydrazine groups is 2. The molecule has 0 unspecified atom stereocenters. The van der Waals surface area contributed by atoms with Gasteiger partial charge in [0.2, 0.25) is 0 Å². The lowest BCUT2D eigenvalue weighted by molar-refractivity contribution is 0.496. The molecule has 0 amide bonds. The van der Waals surface area contributed by atoms with Gasteiger partial charge in [0, 0.05) is 5.56 Å². The van der Waals surface area contributed by atoms with Crippen LogP contribution < -0.4 is 20.9 Å². The third kappa shape index (κ3) is 6.77. The molecular formula is C32H26N10O3S. The van der Waals surface area contributed by atoms with Gasteiger partial charge in [-0.2, -0.15) is 28.4 Å². The Morgan fingerprint density at radius 1 is 0.587 bits per heavy atom. The van der Waals surface area contributed by atoms with Crippen molar-refractivity contribution < 1.29 is 13.0 Å². The van der Waals surface area contributed by atoms with Crippen LogP contribution in [0.2, 0.25) is 0 Å². The molecule has 6 aromatic rings. The van der Waals surface area contributed by atoms with Gasteiger partial charge in [-0.3, -0.25) is 15.4 Å². The summed E-state index contributed by atoms with van der Waals surface area (Å²) < 4.78 is 38.0. The molecule has 0 bridgehead atoms. The number of rotatable bonds is 11. The maximum Gasteiger partial charge on any atom is 0.297 e. The van der Waals surface area contributed by atoms with Gasteiger partial charge in [0.05, 0.1) is 22.8 Å². The Morgan fingerprint density at radius 2 is 1.07 bits per heavy atom. The van der Waals surface area contributed by atoms with Crippen molar-refractivity contribution in [3.63, 3.8) is 0 Å². The molecule has 0 radical (unpaired) electrons. The molecule has 0 saturated carbocycles. The molecule has 0 aliphatic carbocycles. The Bertz CT molecular complexity index is 2020. The zero-order valence-electron chi connectivity index (χ0n) is 24.0. The largest absolute Gasteiger partial charge is 0.297 e. The minimum atomic E-state index is -4.93. The van der Waals surface area contributed by atoms with E-state index in [4.69, 9.17) is 0 Å². The number of nitrogens with zero attached hydrogens (tertiary/aromatic N) is 8. The van der Waals surface area contributed by atoms with Crippen LogP contribution in [0.1, 0.15) is 11.1 Å². The summed E-state index contributed by atoms with van der Waals surface area (Å²) >= 11 is 0. The third-order valence-corrected chi connectivity index (χ3v) is 7.47. The van der Waals surface area contributed by atoms with Gasteiger partial charge in [0.15, 0.2) is 0 Å². The Balaban J connectivity index is 1.69. The molecule has 0 aliphatic rings. The number of hydrogen-bond acceptors (Lipinski definition) is 12. The van der Waals surface area contributed by atoms with Crippen LogP contribution in [0.15, 0.2) is 141 Å². The van der Waals surface area contributed by atoms with E-state index in [1.165, 1.54) is 30.3 Å². The van der Waals surface area contributed by atoms with Gasteiger partial charge < -0.3 is 0 Å². The van der Waals surface area contributed by atoms with Crippen LogP contribution >= 0.6 is 0 Å². The molecule has 6 rings (SSSR count). The minimum absolute atomic E-state index is 0.00623. The molecule has 13 nitrogen and oxygen atoms in total. The number of anilines is 5. The molecule has 4 aromatic carbocycles. The second-order valence-electron chi connectivity index (χ2n) is 9.54. The highest BCUT2D eigenvalue weighted by Gasteiger charge is 2.32. The van der Waals surface area contributed by atoms with E-state index in [0.717, 1.165) is 0 Å². The predicted octanol–water partition coefficient (Wildman–Crippen LogP) is 5.47. The topological polar surface area (TPSA) is 162 Å². The van der Waals surface area contributed by atoms with Crippen molar-refractivity contribution >= 4 is 49.7 Å². The Morgan fingerprint density at radius 3 is 1.63 bits per heavy atom. The molecule has 2 aromatic heterocycles. The standard InChI is InChI=1S/C32H26N10O3S/c43-46(44,45)30(24-12-4-1-5-13-24)29(42(32-37-22-34-23-38-32)40-26-16-8-3-9-17-26)27-18-10-11-19-28(27)41(31-35-20-33-21-36-31)39-25-14-6-2-7-15-25/h1-23,39-40H,(H,43,44,45). The second-order valence-corrected chi connectivity index (χ2v) is 10.9. The van der Waals surface area contributed by atoms with Gasteiger partial charge in [-0.15, -0.1) is 0 Å². The summed E-state index contributed by atoms with van der Waals surface area (Å²) in [6.45, 7) is 0. The third-order valence-electron chi connectivity index (χ3n) is 6.52. The van der Waals surface area contributed by atoms with Gasteiger partial charge in [0.25, 0.3) is 22.0 Å². The van der Waals surface area contributed by atoms with Crippen LogP contribution in [-0.2, 0) is 10.1 Å². The molecule has 2 heterocycles. The first-order valence-electron chi connectivity index (χ1n) is 13.8. The fraction of sp³-hybridized carbons (Fsp3) is 0. The lowest BCUT2D eigenvalue weighted by Gasteiger charge is -2.32. The highest BCUT2D eigenvalue weighted by molar-refractivity contribution is 7.95. The smallest absolute Gasteiger partial charge is 0.291 e. The van der Waals surface area contributed by atoms with Crippen molar-refractivity contribution in [3.05, 3.63) is 152 Å². The Kier molecular flexibility index (Phi) is 8.80. The van der Waals surface area contributed by atoms with E-state index in [2.05, 4.69) is 40.8 Å². The molecule has 0 spiro atoms. The SMILES string of the molecule is O=S(=O)(O)C(=C(c1ccccc1N(Nc1ccccc1)c1ncncn1)N(Nc1ccccc1)c1ncncn1)c1ccccc1. The van der Waals surface area contributed by atoms with Crippen LogP contribution in [0.25, 0.3) is 10.6 Å². The molecule has 0 saturated heterocycles. The molecule has 0 fully saturated rings. The van der Waals surface area contributed by atoms with E-state index in [-0.39, 0.29) is 23.2 Å².